The number of hydrogen-bond acceptors (Lipinski definition) is 5. The van der Waals surface area contributed by atoms with E-state index in [1.807, 2.05) is 18.2 Å². The van der Waals surface area contributed by atoms with Gasteiger partial charge in [-0.3, -0.25) is 14.5 Å². The van der Waals surface area contributed by atoms with Gasteiger partial charge in [0.1, 0.15) is 5.54 Å². The van der Waals surface area contributed by atoms with E-state index in [4.69, 9.17) is 9.47 Å². The first-order valence-electron chi connectivity index (χ1n) is 10.5. The average Bonchev–Trinajstić information content (AvgIpc) is 3.31. The molecule has 2 heterocycles. The first-order chi connectivity index (χ1) is 14.8. The molecule has 0 aliphatic carbocycles. The molecule has 31 heavy (non-hydrogen) atoms. The Morgan fingerprint density at radius 3 is 2.55 bits per heavy atom. The fraction of sp³-hybridized carbons (Fsp3) is 0.375. The lowest BCUT2D eigenvalue weighted by Crippen LogP contribution is -2.46. The second-order valence-electron chi connectivity index (χ2n) is 8.37. The van der Waals surface area contributed by atoms with Crippen molar-refractivity contribution in [2.45, 2.75) is 45.1 Å². The zero-order chi connectivity index (χ0) is 22.2. The minimum Gasteiger partial charge on any atom is -0.454 e. The van der Waals surface area contributed by atoms with Gasteiger partial charge in [-0.05, 0) is 42.5 Å². The van der Waals surface area contributed by atoms with Gasteiger partial charge in [0.2, 0.25) is 6.79 Å². The number of carbonyl (C=O) groups is 3. The van der Waals surface area contributed by atoms with Crippen molar-refractivity contribution in [2.24, 2.45) is 0 Å². The normalized spacial score (nSPS) is 20.7. The molecule has 0 aromatic heterocycles. The highest BCUT2D eigenvalue weighted by molar-refractivity contribution is 6.11. The number of Topliss-reactive ketones (excluding diaryl/α,β-unsaturated/α-hetero) is 1. The zero-order valence-electron chi connectivity index (χ0n) is 17.9. The van der Waals surface area contributed by atoms with E-state index < -0.39 is 17.5 Å². The van der Waals surface area contributed by atoms with Gasteiger partial charge in [-0.25, -0.2) is 4.79 Å². The Labute approximate surface area is 181 Å². The van der Waals surface area contributed by atoms with Crippen LogP contribution in [0, 0.1) is 0 Å². The van der Waals surface area contributed by atoms with Crippen molar-refractivity contribution < 1.29 is 23.9 Å². The lowest BCUT2D eigenvalue weighted by molar-refractivity contribution is -0.130. The number of fused-ring (bicyclic) bond motifs is 1. The maximum atomic E-state index is 13.1. The van der Waals surface area contributed by atoms with Crippen molar-refractivity contribution in [3.63, 3.8) is 0 Å². The molecule has 1 fully saturated rings. The molecular weight excluding hydrogens is 396 g/mol. The van der Waals surface area contributed by atoms with Gasteiger partial charge in [0, 0.05) is 12.0 Å². The summed E-state index contributed by atoms with van der Waals surface area (Å²) in [4.78, 5) is 39.3. The van der Waals surface area contributed by atoms with Crippen LogP contribution in [-0.4, -0.2) is 41.5 Å². The number of rotatable bonds is 7. The fourth-order valence-electron chi connectivity index (χ4n) is 3.94. The van der Waals surface area contributed by atoms with Crippen LogP contribution >= 0.6 is 0 Å². The first-order valence-corrected chi connectivity index (χ1v) is 10.5. The summed E-state index contributed by atoms with van der Waals surface area (Å²) in [6, 6.07) is 12.2. The summed E-state index contributed by atoms with van der Waals surface area (Å²) < 4.78 is 10.7. The lowest BCUT2D eigenvalue weighted by Gasteiger charge is -2.22. The third-order valence-corrected chi connectivity index (χ3v) is 6.06. The van der Waals surface area contributed by atoms with Gasteiger partial charge in [-0.1, -0.05) is 44.2 Å². The molecule has 2 aliphatic heterocycles. The average molecular weight is 422 g/mol. The molecule has 2 aliphatic rings. The Morgan fingerprint density at radius 2 is 1.84 bits per heavy atom. The van der Waals surface area contributed by atoms with Gasteiger partial charge in [-0.15, -0.1) is 0 Å². The van der Waals surface area contributed by atoms with Gasteiger partial charge in [0.25, 0.3) is 5.91 Å². The number of amides is 3. The van der Waals surface area contributed by atoms with Gasteiger partial charge in [-0.2, -0.15) is 0 Å². The molecule has 2 aromatic carbocycles. The molecule has 0 bridgehead atoms. The summed E-state index contributed by atoms with van der Waals surface area (Å²) in [6.45, 7) is 5.79. The summed E-state index contributed by atoms with van der Waals surface area (Å²) in [7, 11) is 0. The number of ketones is 1. The Balaban J connectivity index is 1.45. The summed E-state index contributed by atoms with van der Waals surface area (Å²) in [5.74, 6) is 0.992. The Bertz CT molecular complexity index is 1030. The molecule has 7 heteroatoms. The highest BCUT2D eigenvalue weighted by atomic mass is 16.7. The van der Waals surface area contributed by atoms with Gasteiger partial charge in [0.15, 0.2) is 17.3 Å². The Hall–Kier alpha value is -3.35. The molecule has 1 N–H and O–H groups in total. The molecular formula is C24H26N2O5. The van der Waals surface area contributed by atoms with Crippen LogP contribution in [0.1, 0.15) is 54.6 Å². The number of imide groups is 1. The molecule has 162 valence electrons. The summed E-state index contributed by atoms with van der Waals surface area (Å²) in [6.07, 6.45) is 1.29. The quantitative estimate of drug-likeness (QED) is 0.544. The predicted octanol–water partition coefficient (Wildman–Crippen LogP) is 3.66. The standard InChI is InChI=1S/C24H26N2O5/c1-4-15(2)17-6-8-18(9-7-17)19(27)13-26-22(28)24(3,25-23(26)29)12-16-5-10-20-21(11-16)31-14-30-20/h5-11,15H,4,12-14H2,1-3H3,(H,25,29)/t15-,24-/m1/s1. The minimum absolute atomic E-state index is 0.167. The maximum Gasteiger partial charge on any atom is 0.325 e. The number of benzene rings is 2. The van der Waals surface area contributed by atoms with Crippen LogP contribution < -0.4 is 14.8 Å². The van der Waals surface area contributed by atoms with Gasteiger partial charge in [0.05, 0.1) is 6.54 Å². The van der Waals surface area contributed by atoms with Crippen molar-refractivity contribution in [1.29, 1.82) is 0 Å². The molecule has 0 unspecified atom stereocenters. The number of urea groups is 1. The van der Waals surface area contributed by atoms with Crippen LogP contribution in [-0.2, 0) is 11.2 Å². The van der Waals surface area contributed by atoms with Gasteiger partial charge < -0.3 is 14.8 Å². The summed E-state index contributed by atoms with van der Waals surface area (Å²) in [5, 5.41) is 2.75. The minimum atomic E-state index is -1.13. The molecule has 0 radical (unpaired) electrons. The topological polar surface area (TPSA) is 84.9 Å². The lowest BCUT2D eigenvalue weighted by atomic mass is 9.92. The number of nitrogens with one attached hydrogen (secondary N) is 1. The molecule has 0 saturated carbocycles. The smallest absolute Gasteiger partial charge is 0.325 e. The molecule has 4 rings (SSSR count). The van der Waals surface area contributed by atoms with Crippen molar-refractivity contribution in [3.05, 3.63) is 59.2 Å². The number of hydrogen-bond donors (Lipinski definition) is 1. The highest BCUT2D eigenvalue weighted by Crippen LogP contribution is 2.34. The first kappa shape index (κ1) is 20.9. The van der Waals surface area contributed by atoms with E-state index in [-0.39, 0.29) is 25.5 Å². The van der Waals surface area contributed by atoms with E-state index >= 15 is 0 Å². The van der Waals surface area contributed by atoms with Crippen molar-refractivity contribution in [1.82, 2.24) is 10.2 Å². The van der Waals surface area contributed by atoms with E-state index in [0.717, 1.165) is 22.4 Å². The number of carbonyl (C=O) groups excluding carboxylic acids is 3. The van der Waals surface area contributed by atoms with Crippen LogP contribution in [0.2, 0.25) is 0 Å². The predicted molar refractivity (Wildman–Crippen MR) is 114 cm³/mol. The van der Waals surface area contributed by atoms with Crippen LogP contribution in [0.5, 0.6) is 11.5 Å². The molecule has 3 amide bonds. The van der Waals surface area contributed by atoms with Crippen molar-refractivity contribution in [3.8, 4) is 11.5 Å². The van der Waals surface area contributed by atoms with E-state index in [2.05, 4.69) is 19.2 Å². The van der Waals surface area contributed by atoms with E-state index in [1.165, 1.54) is 0 Å². The number of ether oxygens (including phenoxy) is 2. The zero-order valence-corrected chi connectivity index (χ0v) is 17.9. The monoisotopic (exact) mass is 422 g/mol. The van der Waals surface area contributed by atoms with Gasteiger partial charge >= 0.3 is 6.03 Å². The second-order valence-corrected chi connectivity index (χ2v) is 8.37. The SMILES string of the molecule is CC[C@@H](C)c1ccc(C(=O)CN2C(=O)N[C@](C)(Cc3ccc4c(c3)OCO4)C2=O)cc1. The third kappa shape index (κ3) is 4.00. The van der Waals surface area contributed by atoms with E-state index in [9.17, 15) is 14.4 Å². The molecule has 7 nitrogen and oxygen atoms in total. The number of nitrogens with zero attached hydrogens (tertiary/aromatic N) is 1. The third-order valence-electron chi connectivity index (χ3n) is 6.06. The Kier molecular flexibility index (Phi) is 5.43. The molecule has 1 saturated heterocycles. The fourth-order valence-corrected chi connectivity index (χ4v) is 3.94. The van der Waals surface area contributed by atoms with E-state index in [0.29, 0.717) is 23.0 Å². The van der Waals surface area contributed by atoms with Crippen LogP contribution in [0.4, 0.5) is 4.79 Å². The van der Waals surface area contributed by atoms with Crippen molar-refractivity contribution >= 4 is 17.7 Å². The highest BCUT2D eigenvalue weighted by Gasteiger charge is 2.48. The molecule has 0 spiro atoms. The maximum absolute atomic E-state index is 13.1. The van der Waals surface area contributed by atoms with Crippen LogP contribution in [0.3, 0.4) is 0 Å². The molecule has 2 aromatic rings. The van der Waals surface area contributed by atoms with Crippen LogP contribution in [0.15, 0.2) is 42.5 Å². The van der Waals surface area contributed by atoms with Crippen molar-refractivity contribution in [2.75, 3.05) is 13.3 Å². The second kappa shape index (κ2) is 8.06. The summed E-state index contributed by atoms with van der Waals surface area (Å²) in [5.41, 5.74) is 1.34. The molecule has 2 atom stereocenters. The Morgan fingerprint density at radius 1 is 1.13 bits per heavy atom. The summed E-state index contributed by atoms with van der Waals surface area (Å²) >= 11 is 0. The largest absolute Gasteiger partial charge is 0.454 e. The van der Waals surface area contributed by atoms with Crippen LogP contribution in [0.25, 0.3) is 0 Å². The van der Waals surface area contributed by atoms with E-state index in [1.54, 1.807) is 31.2 Å².